The molecule has 118 valence electrons. The minimum Gasteiger partial charge on any atom is -0.478 e. The number of nitrogens with one attached hydrogen (secondary N) is 2. The van der Waals surface area contributed by atoms with E-state index in [0.29, 0.717) is 5.69 Å². The SMILES string of the molecule is O=C(NNc1ccc(C(=O)O)cc1)Oc1ccc([N+](=O)[O-])cc1. The van der Waals surface area contributed by atoms with Crippen LogP contribution in [0.1, 0.15) is 10.4 Å². The predicted octanol–water partition coefficient (Wildman–Crippen LogP) is 2.41. The Morgan fingerprint density at radius 3 is 2.17 bits per heavy atom. The Morgan fingerprint density at radius 2 is 1.65 bits per heavy atom. The van der Waals surface area contributed by atoms with Crippen LogP contribution in [-0.2, 0) is 0 Å². The summed E-state index contributed by atoms with van der Waals surface area (Å²) in [5.41, 5.74) is 5.23. The molecule has 0 radical (unpaired) electrons. The van der Waals surface area contributed by atoms with E-state index < -0.39 is 17.0 Å². The zero-order valence-electron chi connectivity index (χ0n) is 11.6. The maximum Gasteiger partial charge on any atom is 0.431 e. The van der Waals surface area contributed by atoms with Crippen LogP contribution in [0.4, 0.5) is 16.2 Å². The fourth-order valence-electron chi connectivity index (χ4n) is 1.59. The van der Waals surface area contributed by atoms with Gasteiger partial charge in [-0.25, -0.2) is 15.0 Å². The summed E-state index contributed by atoms with van der Waals surface area (Å²) in [7, 11) is 0. The summed E-state index contributed by atoms with van der Waals surface area (Å²) in [6.07, 6.45) is -0.832. The quantitative estimate of drug-likeness (QED) is 0.570. The van der Waals surface area contributed by atoms with E-state index in [-0.39, 0.29) is 17.0 Å². The predicted molar refractivity (Wildman–Crippen MR) is 79.3 cm³/mol. The number of hydrogen-bond acceptors (Lipinski definition) is 6. The van der Waals surface area contributed by atoms with E-state index in [4.69, 9.17) is 9.84 Å². The molecule has 0 aliphatic heterocycles. The first-order chi connectivity index (χ1) is 11.0. The Balaban J connectivity index is 1.87. The van der Waals surface area contributed by atoms with Gasteiger partial charge >= 0.3 is 12.1 Å². The number of amides is 1. The average Bonchev–Trinajstić information content (AvgIpc) is 2.54. The maximum atomic E-state index is 11.6. The van der Waals surface area contributed by atoms with Gasteiger partial charge in [-0.15, -0.1) is 0 Å². The van der Waals surface area contributed by atoms with Crippen molar-refractivity contribution in [2.45, 2.75) is 0 Å². The van der Waals surface area contributed by atoms with E-state index >= 15 is 0 Å². The number of carbonyl (C=O) groups is 2. The molecule has 0 aromatic heterocycles. The number of benzene rings is 2. The van der Waals surface area contributed by atoms with Gasteiger partial charge in [0.05, 0.1) is 16.2 Å². The zero-order chi connectivity index (χ0) is 16.8. The van der Waals surface area contributed by atoms with E-state index in [9.17, 15) is 19.7 Å². The first kappa shape index (κ1) is 15.8. The van der Waals surface area contributed by atoms with Crippen LogP contribution in [0.15, 0.2) is 48.5 Å². The molecule has 0 saturated carbocycles. The van der Waals surface area contributed by atoms with Crippen LogP contribution in [0.5, 0.6) is 5.75 Å². The molecule has 2 rings (SSSR count). The number of nitro groups is 1. The fraction of sp³-hybridized carbons (Fsp3) is 0. The molecule has 0 spiro atoms. The lowest BCUT2D eigenvalue weighted by molar-refractivity contribution is -0.384. The number of rotatable bonds is 5. The number of hydrogen-bond donors (Lipinski definition) is 3. The Bertz CT molecular complexity index is 727. The lowest BCUT2D eigenvalue weighted by atomic mass is 10.2. The lowest BCUT2D eigenvalue weighted by Gasteiger charge is -2.09. The number of carboxylic acid groups (broad SMARTS) is 1. The third kappa shape index (κ3) is 4.43. The summed E-state index contributed by atoms with van der Waals surface area (Å²) in [5, 5.41) is 19.3. The van der Waals surface area contributed by atoms with E-state index in [0.717, 1.165) is 0 Å². The van der Waals surface area contributed by atoms with Crippen LogP contribution in [0, 0.1) is 10.1 Å². The summed E-state index contributed by atoms with van der Waals surface area (Å²) in [6.45, 7) is 0. The van der Waals surface area contributed by atoms with Crippen LogP contribution in [-0.4, -0.2) is 22.1 Å². The molecule has 1 amide bonds. The third-order valence-corrected chi connectivity index (χ3v) is 2.70. The second-order valence-electron chi connectivity index (χ2n) is 4.27. The third-order valence-electron chi connectivity index (χ3n) is 2.70. The van der Waals surface area contributed by atoms with Crippen molar-refractivity contribution in [2.75, 3.05) is 5.43 Å². The molecule has 9 nitrogen and oxygen atoms in total. The van der Waals surface area contributed by atoms with Gasteiger partial charge in [0.1, 0.15) is 5.75 Å². The van der Waals surface area contributed by atoms with E-state index in [1.807, 2.05) is 0 Å². The number of nitro benzene ring substituents is 1. The topological polar surface area (TPSA) is 131 Å². The molecule has 0 saturated heterocycles. The number of carboxylic acids is 1. The Labute approximate surface area is 129 Å². The zero-order valence-corrected chi connectivity index (χ0v) is 11.6. The summed E-state index contributed by atoms with van der Waals surface area (Å²) in [6, 6.07) is 10.7. The van der Waals surface area contributed by atoms with E-state index in [1.54, 1.807) is 0 Å². The highest BCUT2D eigenvalue weighted by atomic mass is 16.6. The van der Waals surface area contributed by atoms with Crippen LogP contribution < -0.4 is 15.6 Å². The van der Waals surface area contributed by atoms with Gasteiger partial charge in [0, 0.05) is 12.1 Å². The second-order valence-corrected chi connectivity index (χ2v) is 4.27. The van der Waals surface area contributed by atoms with Crippen LogP contribution >= 0.6 is 0 Å². The smallest absolute Gasteiger partial charge is 0.431 e. The van der Waals surface area contributed by atoms with Crippen LogP contribution in [0.2, 0.25) is 0 Å². The standard InChI is InChI=1S/C14H11N3O6/c18-13(19)9-1-3-10(4-2-9)15-16-14(20)23-12-7-5-11(6-8-12)17(21)22/h1-8,15H,(H,16,20)(H,18,19). The molecule has 3 N–H and O–H groups in total. The van der Waals surface area contributed by atoms with E-state index in [2.05, 4.69) is 10.9 Å². The van der Waals surface area contributed by atoms with E-state index in [1.165, 1.54) is 48.5 Å². The molecule has 0 aliphatic carbocycles. The van der Waals surface area contributed by atoms with Gasteiger partial charge in [-0.2, -0.15) is 0 Å². The van der Waals surface area contributed by atoms with Gasteiger partial charge in [-0.1, -0.05) is 0 Å². The Morgan fingerprint density at radius 1 is 1.04 bits per heavy atom. The molecule has 0 unspecified atom stereocenters. The minimum absolute atomic E-state index is 0.115. The first-order valence-corrected chi connectivity index (χ1v) is 6.27. The number of non-ortho nitro benzene ring substituents is 1. The van der Waals surface area contributed by atoms with Crippen molar-refractivity contribution < 1.29 is 24.4 Å². The van der Waals surface area contributed by atoms with Gasteiger partial charge in [0.15, 0.2) is 0 Å². The first-order valence-electron chi connectivity index (χ1n) is 6.27. The number of nitrogens with zero attached hydrogens (tertiary/aromatic N) is 1. The molecular weight excluding hydrogens is 306 g/mol. The monoisotopic (exact) mass is 317 g/mol. The highest BCUT2D eigenvalue weighted by molar-refractivity contribution is 5.88. The molecular formula is C14H11N3O6. The summed E-state index contributed by atoms with van der Waals surface area (Å²) in [5.74, 6) is -0.918. The van der Waals surface area contributed by atoms with Gasteiger partial charge in [-0.3, -0.25) is 15.5 Å². The molecule has 0 bridgehead atoms. The van der Waals surface area contributed by atoms with Crippen LogP contribution in [0.3, 0.4) is 0 Å². The molecule has 0 heterocycles. The number of carbonyl (C=O) groups excluding carboxylic acids is 1. The fourth-order valence-corrected chi connectivity index (χ4v) is 1.59. The van der Waals surface area contributed by atoms with Crippen molar-refractivity contribution in [1.82, 2.24) is 5.43 Å². The largest absolute Gasteiger partial charge is 0.478 e. The van der Waals surface area contributed by atoms with Gasteiger partial charge in [-0.05, 0) is 36.4 Å². The van der Waals surface area contributed by atoms with Crippen LogP contribution in [0.25, 0.3) is 0 Å². The number of aromatic carboxylic acids is 1. The summed E-state index contributed by atoms with van der Waals surface area (Å²) in [4.78, 5) is 32.2. The normalized spacial score (nSPS) is 9.74. The molecule has 23 heavy (non-hydrogen) atoms. The average molecular weight is 317 g/mol. The lowest BCUT2D eigenvalue weighted by Crippen LogP contribution is -2.32. The Kier molecular flexibility index (Phi) is 4.72. The number of ether oxygens (including phenoxy) is 1. The number of anilines is 1. The molecule has 2 aromatic rings. The molecule has 0 atom stereocenters. The van der Waals surface area contributed by atoms with Gasteiger partial charge in [0.25, 0.3) is 5.69 Å². The molecule has 2 aromatic carbocycles. The maximum absolute atomic E-state index is 11.6. The van der Waals surface area contributed by atoms with Crippen molar-refractivity contribution in [3.8, 4) is 5.75 Å². The highest BCUT2D eigenvalue weighted by Crippen LogP contribution is 2.17. The highest BCUT2D eigenvalue weighted by Gasteiger charge is 2.08. The molecule has 0 aliphatic rings. The van der Waals surface area contributed by atoms with Crippen molar-refractivity contribution in [3.05, 3.63) is 64.2 Å². The molecule has 9 heteroatoms. The van der Waals surface area contributed by atoms with Gasteiger partial charge in [0.2, 0.25) is 0 Å². The minimum atomic E-state index is -1.05. The van der Waals surface area contributed by atoms with Crippen molar-refractivity contribution in [3.63, 3.8) is 0 Å². The van der Waals surface area contributed by atoms with Crippen molar-refractivity contribution in [1.29, 1.82) is 0 Å². The summed E-state index contributed by atoms with van der Waals surface area (Å²) < 4.78 is 4.90. The number of hydrazine groups is 1. The van der Waals surface area contributed by atoms with Crippen molar-refractivity contribution in [2.24, 2.45) is 0 Å². The molecule has 0 fully saturated rings. The van der Waals surface area contributed by atoms with Crippen molar-refractivity contribution >= 4 is 23.4 Å². The Hall–Kier alpha value is -3.62. The van der Waals surface area contributed by atoms with Gasteiger partial charge < -0.3 is 9.84 Å². The summed E-state index contributed by atoms with van der Waals surface area (Å²) >= 11 is 0. The second kappa shape index (κ2) is 6.89.